The van der Waals surface area contributed by atoms with Crippen LogP contribution in [0.4, 0.5) is 0 Å². The molecule has 0 amide bonds. The molecule has 0 aliphatic rings. The second-order valence-electron chi connectivity index (χ2n) is 4.65. The van der Waals surface area contributed by atoms with Crippen LogP contribution in [0, 0.1) is 5.41 Å². The van der Waals surface area contributed by atoms with E-state index in [4.69, 9.17) is 22.7 Å². The first-order valence-electron chi connectivity index (χ1n) is 5.37. The van der Waals surface area contributed by atoms with E-state index in [1.54, 1.807) is 7.11 Å². The molecule has 4 heteroatoms. The van der Waals surface area contributed by atoms with Crippen LogP contribution < -0.4 is 5.73 Å². The van der Waals surface area contributed by atoms with E-state index in [-0.39, 0.29) is 5.41 Å². The van der Waals surface area contributed by atoms with E-state index in [1.165, 1.54) is 0 Å². The highest BCUT2D eigenvalue weighted by Gasteiger charge is 2.21. The van der Waals surface area contributed by atoms with Crippen molar-refractivity contribution in [2.45, 2.75) is 26.7 Å². The van der Waals surface area contributed by atoms with Crippen LogP contribution >= 0.6 is 12.2 Å². The van der Waals surface area contributed by atoms with Gasteiger partial charge in [-0.1, -0.05) is 26.1 Å². The summed E-state index contributed by atoms with van der Waals surface area (Å²) in [5.74, 6) is 0. The van der Waals surface area contributed by atoms with Gasteiger partial charge in [0, 0.05) is 25.7 Å². The van der Waals surface area contributed by atoms with Gasteiger partial charge in [-0.3, -0.25) is 0 Å². The minimum absolute atomic E-state index is 0.0369. The van der Waals surface area contributed by atoms with Crippen molar-refractivity contribution >= 4 is 17.2 Å². The first-order chi connectivity index (χ1) is 6.90. The van der Waals surface area contributed by atoms with E-state index in [0.717, 1.165) is 32.5 Å². The fourth-order valence-electron chi connectivity index (χ4n) is 1.18. The van der Waals surface area contributed by atoms with Crippen LogP contribution in [0.1, 0.15) is 26.7 Å². The summed E-state index contributed by atoms with van der Waals surface area (Å²) in [6.45, 7) is 7.09. The number of ether oxygens (including phenoxy) is 1. The Morgan fingerprint density at radius 1 is 1.40 bits per heavy atom. The molecule has 0 bridgehead atoms. The highest BCUT2D eigenvalue weighted by atomic mass is 32.1. The number of nitrogens with two attached hydrogens (primary N) is 1. The number of hydrogen-bond acceptors (Lipinski definition) is 3. The minimum Gasteiger partial charge on any atom is -0.393 e. The first kappa shape index (κ1) is 14.8. The minimum atomic E-state index is -0.0369. The zero-order chi connectivity index (χ0) is 11.9. The van der Waals surface area contributed by atoms with Crippen LogP contribution in [0.5, 0.6) is 0 Å². The van der Waals surface area contributed by atoms with Gasteiger partial charge in [-0.05, 0) is 26.4 Å². The molecule has 0 fully saturated rings. The summed E-state index contributed by atoms with van der Waals surface area (Å²) >= 11 is 5.03. The molecular weight excluding hydrogens is 208 g/mol. The van der Waals surface area contributed by atoms with Crippen LogP contribution in [-0.4, -0.2) is 43.7 Å². The van der Waals surface area contributed by atoms with Crippen LogP contribution in [0.3, 0.4) is 0 Å². The second-order valence-corrected chi connectivity index (χ2v) is 5.09. The number of hydrogen-bond donors (Lipinski definition) is 1. The lowest BCUT2D eigenvalue weighted by Gasteiger charge is -2.26. The quantitative estimate of drug-likeness (QED) is 0.510. The second kappa shape index (κ2) is 7.14. The van der Waals surface area contributed by atoms with Crippen molar-refractivity contribution in [1.82, 2.24) is 4.90 Å². The molecule has 0 aromatic heterocycles. The molecule has 0 unspecified atom stereocenters. The predicted molar refractivity (Wildman–Crippen MR) is 69.2 cm³/mol. The van der Waals surface area contributed by atoms with E-state index >= 15 is 0 Å². The van der Waals surface area contributed by atoms with Gasteiger partial charge < -0.3 is 15.4 Å². The van der Waals surface area contributed by atoms with E-state index in [9.17, 15) is 0 Å². The Morgan fingerprint density at radius 3 is 2.47 bits per heavy atom. The molecule has 0 heterocycles. The zero-order valence-corrected chi connectivity index (χ0v) is 11.2. The summed E-state index contributed by atoms with van der Waals surface area (Å²) in [6.07, 6.45) is 2.08. The van der Waals surface area contributed by atoms with Gasteiger partial charge in [0.2, 0.25) is 0 Å². The smallest absolute Gasteiger partial charge is 0.0784 e. The van der Waals surface area contributed by atoms with Crippen molar-refractivity contribution in [1.29, 1.82) is 0 Å². The highest BCUT2D eigenvalue weighted by Crippen LogP contribution is 2.20. The molecule has 0 saturated heterocycles. The highest BCUT2D eigenvalue weighted by molar-refractivity contribution is 7.80. The summed E-state index contributed by atoms with van der Waals surface area (Å²) in [6, 6.07) is 0. The SMILES string of the molecule is COCCCN(C)CCC(C)(C)C(N)=S. The Kier molecular flexibility index (Phi) is 7.05. The Morgan fingerprint density at radius 2 is 2.00 bits per heavy atom. The van der Waals surface area contributed by atoms with Gasteiger partial charge in [-0.25, -0.2) is 0 Å². The normalized spacial score (nSPS) is 12.1. The summed E-state index contributed by atoms with van der Waals surface area (Å²) in [5, 5.41) is 0. The molecule has 0 spiro atoms. The third kappa shape index (κ3) is 6.82. The van der Waals surface area contributed by atoms with Crippen molar-refractivity contribution in [3.05, 3.63) is 0 Å². The average Bonchev–Trinajstić information content (AvgIpc) is 2.15. The van der Waals surface area contributed by atoms with Crippen molar-refractivity contribution in [2.24, 2.45) is 11.1 Å². The molecule has 90 valence electrons. The summed E-state index contributed by atoms with van der Waals surface area (Å²) in [7, 11) is 3.85. The molecule has 15 heavy (non-hydrogen) atoms. The van der Waals surface area contributed by atoms with Crippen LogP contribution in [-0.2, 0) is 4.74 Å². The number of nitrogens with zero attached hydrogens (tertiary/aromatic N) is 1. The molecular formula is C11H24N2OS. The van der Waals surface area contributed by atoms with Crippen molar-refractivity contribution in [3.8, 4) is 0 Å². The topological polar surface area (TPSA) is 38.5 Å². The predicted octanol–water partition coefficient (Wildman–Crippen LogP) is 1.66. The average molecular weight is 232 g/mol. The molecule has 0 saturated carbocycles. The van der Waals surface area contributed by atoms with E-state index in [0.29, 0.717) is 4.99 Å². The van der Waals surface area contributed by atoms with Crippen LogP contribution in [0.25, 0.3) is 0 Å². The monoisotopic (exact) mass is 232 g/mol. The van der Waals surface area contributed by atoms with Crippen LogP contribution in [0.2, 0.25) is 0 Å². The Balaban J connectivity index is 3.70. The van der Waals surface area contributed by atoms with E-state index < -0.39 is 0 Å². The fraction of sp³-hybridized carbons (Fsp3) is 0.909. The number of thiocarbonyl (C=S) groups is 1. The lowest BCUT2D eigenvalue weighted by molar-refractivity contribution is 0.177. The standard InChI is InChI=1S/C11H24N2OS/c1-11(2,10(12)15)6-8-13(3)7-5-9-14-4/h5-9H2,1-4H3,(H2,12,15). The maximum absolute atomic E-state index is 5.67. The van der Waals surface area contributed by atoms with Gasteiger partial charge in [-0.2, -0.15) is 0 Å². The fourth-order valence-corrected chi connectivity index (χ4v) is 1.29. The molecule has 0 atom stereocenters. The lowest BCUT2D eigenvalue weighted by atomic mass is 9.89. The molecule has 0 aliphatic carbocycles. The van der Waals surface area contributed by atoms with Crippen LogP contribution in [0.15, 0.2) is 0 Å². The first-order valence-corrected chi connectivity index (χ1v) is 5.78. The molecule has 0 radical (unpaired) electrons. The van der Waals surface area contributed by atoms with Gasteiger partial charge >= 0.3 is 0 Å². The van der Waals surface area contributed by atoms with Gasteiger partial charge in [0.05, 0.1) is 4.99 Å². The Labute approximate surface area is 99.0 Å². The number of rotatable bonds is 8. The van der Waals surface area contributed by atoms with E-state index in [2.05, 4.69) is 25.8 Å². The molecule has 0 rings (SSSR count). The molecule has 3 nitrogen and oxygen atoms in total. The van der Waals surface area contributed by atoms with Gasteiger partial charge in [0.15, 0.2) is 0 Å². The third-order valence-electron chi connectivity index (χ3n) is 2.67. The Bertz CT molecular complexity index is 195. The maximum Gasteiger partial charge on any atom is 0.0784 e. The zero-order valence-electron chi connectivity index (χ0n) is 10.4. The summed E-state index contributed by atoms with van der Waals surface area (Å²) in [4.78, 5) is 2.90. The third-order valence-corrected chi connectivity index (χ3v) is 3.23. The number of methoxy groups -OCH3 is 1. The van der Waals surface area contributed by atoms with Gasteiger partial charge in [-0.15, -0.1) is 0 Å². The summed E-state index contributed by atoms with van der Waals surface area (Å²) in [5.41, 5.74) is 5.63. The maximum atomic E-state index is 5.67. The largest absolute Gasteiger partial charge is 0.393 e. The Hall–Kier alpha value is -0.190. The lowest BCUT2D eigenvalue weighted by Crippen LogP contribution is -2.34. The van der Waals surface area contributed by atoms with Gasteiger partial charge in [0.25, 0.3) is 0 Å². The molecule has 2 N–H and O–H groups in total. The van der Waals surface area contributed by atoms with Crippen molar-refractivity contribution in [2.75, 3.05) is 33.9 Å². The van der Waals surface area contributed by atoms with Gasteiger partial charge in [0.1, 0.15) is 0 Å². The molecule has 0 aromatic rings. The molecule has 0 aromatic carbocycles. The van der Waals surface area contributed by atoms with Crippen molar-refractivity contribution < 1.29 is 4.74 Å². The van der Waals surface area contributed by atoms with E-state index in [1.807, 2.05) is 0 Å². The van der Waals surface area contributed by atoms with Crippen molar-refractivity contribution in [3.63, 3.8) is 0 Å². The molecule has 0 aliphatic heterocycles. The summed E-state index contributed by atoms with van der Waals surface area (Å²) < 4.78 is 5.01.